The van der Waals surface area contributed by atoms with Crippen molar-refractivity contribution in [1.82, 2.24) is 39.9 Å². The molecule has 19 atom stereocenters. The molecule has 18 nitrogen and oxygen atoms in total. The molecule has 0 bridgehead atoms. The lowest BCUT2D eigenvalue weighted by molar-refractivity contribution is -0.211. The molecular formula is C75H104N8O10. The molecule has 3 heterocycles. The predicted molar refractivity (Wildman–Crippen MR) is 354 cm³/mol. The summed E-state index contributed by atoms with van der Waals surface area (Å²) in [4.78, 5) is 63.3. The molecule has 0 radical (unpaired) electrons. The monoisotopic (exact) mass is 1280 g/mol. The fourth-order valence-corrected chi connectivity index (χ4v) is 22.7. The highest BCUT2D eigenvalue weighted by Gasteiger charge is 2.65. The topological polar surface area (TPSA) is 232 Å². The van der Waals surface area contributed by atoms with Crippen LogP contribution in [-0.2, 0) is 53.0 Å². The third kappa shape index (κ3) is 12.3. The molecule has 8 aliphatic carbocycles. The normalized spacial score (nSPS) is 35.1. The largest absolute Gasteiger partial charge is 0.481 e. The third-order valence-electron chi connectivity index (χ3n) is 27.2. The summed E-state index contributed by atoms with van der Waals surface area (Å²) in [6.45, 7) is 23.3. The van der Waals surface area contributed by atoms with Gasteiger partial charge in [0.25, 0.3) is 0 Å². The summed E-state index contributed by atoms with van der Waals surface area (Å²) in [6.07, 6.45) is 22.8. The van der Waals surface area contributed by atoms with Gasteiger partial charge < -0.3 is 34.3 Å². The molecule has 0 spiro atoms. The number of esters is 2. The number of rotatable bonds is 19. The molecule has 3 aromatic heterocycles. The summed E-state index contributed by atoms with van der Waals surface area (Å²) in [5, 5.41) is 41.7. The summed E-state index contributed by atoms with van der Waals surface area (Å²) >= 11 is 0. The first kappa shape index (κ1) is 65.3. The molecule has 0 aliphatic heterocycles. The Bertz CT molecular complexity index is 3640. The number of benzene rings is 2. The van der Waals surface area contributed by atoms with Crippen molar-refractivity contribution in [3.63, 3.8) is 0 Å². The molecule has 8 fully saturated rings. The summed E-state index contributed by atoms with van der Waals surface area (Å²) < 4.78 is 23.5. The van der Waals surface area contributed by atoms with Crippen molar-refractivity contribution in [2.24, 2.45) is 98.6 Å². The number of carbonyl (C=O) groups excluding carboxylic acids is 3. The van der Waals surface area contributed by atoms with E-state index < -0.39 is 23.6 Å². The van der Waals surface area contributed by atoms with Crippen LogP contribution in [0, 0.1) is 98.6 Å². The molecular weight excluding hydrogens is 1170 g/mol. The first-order valence-corrected chi connectivity index (χ1v) is 35.9. The van der Waals surface area contributed by atoms with Crippen molar-refractivity contribution in [1.29, 1.82) is 0 Å². The van der Waals surface area contributed by atoms with Gasteiger partial charge in [0.1, 0.15) is 42.3 Å². The van der Waals surface area contributed by atoms with E-state index >= 15 is 0 Å². The van der Waals surface area contributed by atoms with Gasteiger partial charge in [0.15, 0.2) is 0 Å². The van der Waals surface area contributed by atoms with E-state index in [0.717, 1.165) is 90.2 Å². The SMILES string of the molecule is C[C@H](CCC(=O)O)C1CCC2C3CCC4CC(OC(=O)Cn5cc(-c6ccc7c8ccc(-c9cn(CC(=O)OC%10CCC%11(C)C%12CCC%13(C)C(CC%13[C@H](C)CCC(=O)O)[C@@H]%12C[C@H](C)[C@@H]%11C%10)nn9)cc8n(CCNC(=O)OC(C)(C)C)c7c6)nn5)CCC4(C)C3CCC21C. The van der Waals surface area contributed by atoms with Crippen LogP contribution in [0.2, 0.25) is 0 Å². The van der Waals surface area contributed by atoms with Gasteiger partial charge in [-0.2, -0.15) is 0 Å². The minimum absolute atomic E-state index is 0.0422. The number of carboxylic acid groups (broad SMARTS) is 2. The highest BCUT2D eigenvalue weighted by molar-refractivity contribution is 6.10. The summed E-state index contributed by atoms with van der Waals surface area (Å²) in [5.41, 5.74) is 5.09. The Morgan fingerprint density at radius 3 is 1.71 bits per heavy atom. The number of carboxylic acids is 2. The lowest BCUT2D eigenvalue weighted by Crippen LogP contribution is -2.62. The Morgan fingerprint density at radius 2 is 1.13 bits per heavy atom. The Balaban J connectivity index is 0.643. The maximum absolute atomic E-state index is 13.8. The number of aliphatic carboxylic acids is 2. The second-order valence-corrected chi connectivity index (χ2v) is 33.2. The Hall–Kier alpha value is -6.33. The number of nitrogens with zero attached hydrogens (tertiary/aromatic N) is 7. The molecule has 93 heavy (non-hydrogen) atoms. The van der Waals surface area contributed by atoms with Gasteiger partial charge in [-0.3, -0.25) is 19.2 Å². The second-order valence-electron chi connectivity index (χ2n) is 33.2. The minimum atomic E-state index is -0.692. The number of ether oxygens (including phenoxy) is 3. The van der Waals surface area contributed by atoms with E-state index in [1.165, 1.54) is 64.2 Å². The highest BCUT2D eigenvalue weighted by atomic mass is 16.6. The molecule has 18 heteroatoms. The number of hydrogen-bond acceptors (Lipinski definition) is 12. The van der Waals surface area contributed by atoms with Crippen LogP contribution in [-0.4, -0.2) is 99.1 Å². The maximum atomic E-state index is 13.8. The van der Waals surface area contributed by atoms with Crippen LogP contribution in [0.3, 0.4) is 0 Å². The van der Waals surface area contributed by atoms with Crippen LogP contribution in [0.1, 0.15) is 198 Å². The van der Waals surface area contributed by atoms with Crippen molar-refractivity contribution in [3.05, 3.63) is 48.8 Å². The summed E-state index contributed by atoms with van der Waals surface area (Å²) in [6, 6.07) is 12.4. The molecule has 3 N–H and O–H groups in total. The Labute approximate surface area is 549 Å². The molecule has 504 valence electrons. The fourth-order valence-electron chi connectivity index (χ4n) is 22.7. The van der Waals surface area contributed by atoms with Crippen LogP contribution in [0.4, 0.5) is 4.79 Å². The molecule has 2 aromatic carbocycles. The van der Waals surface area contributed by atoms with Gasteiger partial charge in [-0.1, -0.05) is 83.2 Å². The Kier molecular flexibility index (Phi) is 17.6. The van der Waals surface area contributed by atoms with Gasteiger partial charge >= 0.3 is 30.0 Å². The third-order valence-corrected chi connectivity index (χ3v) is 27.2. The summed E-state index contributed by atoms with van der Waals surface area (Å²) in [7, 11) is 0. The molecule has 5 aromatic rings. The first-order valence-electron chi connectivity index (χ1n) is 35.9. The quantitative estimate of drug-likeness (QED) is 0.0516. The lowest BCUT2D eigenvalue weighted by atomic mass is 9.36. The van der Waals surface area contributed by atoms with Crippen LogP contribution >= 0.6 is 0 Å². The van der Waals surface area contributed by atoms with Crippen molar-refractivity contribution in [2.75, 3.05) is 6.54 Å². The zero-order valence-corrected chi connectivity index (χ0v) is 57.0. The van der Waals surface area contributed by atoms with E-state index in [-0.39, 0.29) is 60.9 Å². The number of fused-ring (bicyclic) bond motifs is 13. The zero-order valence-electron chi connectivity index (χ0n) is 57.0. The van der Waals surface area contributed by atoms with Crippen molar-refractivity contribution in [3.8, 4) is 22.5 Å². The van der Waals surface area contributed by atoms with Crippen molar-refractivity contribution < 1.29 is 48.4 Å². The van der Waals surface area contributed by atoms with Crippen LogP contribution < -0.4 is 5.32 Å². The van der Waals surface area contributed by atoms with Gasteiger partial charge in [-0.05, 0) is 247 Å². The molecule has 0 saturated heterocycles. The molecule has 1 amide bonds. The maximum Gasteiger partial charge on any atom is 0.407 e. The number of hydrogen-bond donors (Lipinski definition) is 3. The number of carbonyl (C=O) groups is 5. The van der Waals surface area contributed by atoms with Gasteiger partial charge in [-0.25, -0.2) is 14.2 Å². The van der Waals surface area contributed by atoms with Gasteiger partial charge in [0.05, 0.1) is 12.4 Å². The van der Waals surface area contributed by atoms with Gasteiger partial charge in [-0.15, -0.1) is 10.2 Å². The fraction of sp³-hybridized carbons (Fsp3) is 0.720. The molecule has 14 unspecified atom stereocenters. The number of nitrogens with one attached hydrogen (secondary N) is 1. The van der Waals surface area contributed by atoms with E-state index in [2.05, 4.69) is 103 Å². The van der Waals surface area contributed by atoms with Crippen LogP contribution in [0.15, 0.2) is 48.8 Å². The smallest absolute Gasteiger partial charge is 0.407 e. The van der Waals surface area contributed by atoms with E-state index in [9.17, 15) is 34.2 Å². The predicted octanol–water partition coefficient (Wildman–Crippen LogP) is 14.8. The van der Waals surface area contributed by atoms with E-state index in [1.807, 2.05) is 32.9 Å². The molecule has 8 aliphatic rings. The Morgan fingerprint density at radius 1 is 0.602 bits per heavy atom. The number of alkyl carbamates (subject to hydrolysis) is 1. The minimum Gasteiger partial charge on any atom is -0.481 e. The van der Waals surface area contributed by atoms with Crippen molar-refractivity contribution >= 4 is 51.8 Å². The molecule has 8 saturated carbocycles. The van der Waals surface area contributed by atoms with Crippen LogP contribution in [0.5, 0.6) is 0 Å². The lowest BCUT2D eigenvalue weighted by Gasteiger charge is -2.69. The number of amides is 1. The molecule has 13 rings (SSSR count). The van der Waals surface area contributed by atoms with Crippen molar-refractivity contribution in [2.45, 2.75) is 235 Å². The second kappa shape index (κ2) is 25.0. The van der Waals surface area contributed by atoms with E-state index in [1.54, 1.807) is 21.8 Å². The highest BCUT2D eigenvalue weighted by Crippen LogP contribution is 2.72. The standard InChI is InChI=1S/C75H104N8O10/c1-43(11-21-66(84)85)55-19-20-56-53-18-15-48-36-49(23-27-72(48,7)57(53)25-29-73(55,56)8)91-68(88)41-81-39-62(77-79-81)46-13-16-51-52-17-14-47(35-65(52)83(64(51)34-46)32-31-76-70(90)93-71(4,5)6)63-40-82(80-78-63)42-69(89)92-50-24-28-74(9)58-26-30-75(10)60(44(2)12-22-67(86)87)38-61(75)54(58)33-45(3)59(74)37-50/h13-14,16-17,34-35,39-40,43-45,48-50,53-61H,11-12,15,18-33,36-38,41-42H2,1-10H3,(H,76,90)(H,84,85)(H,86,87)/t43-,44-,45+,48?,49?,50?,53?,54-,55?,56?,57?,58?,59+,60?,61?,72?,73?,74?,75?/m1/s1. The average Bonchev–Trinajstić information content (AvgIpc) is 1.18. The zero-order chi connectivity index (χ0) is 65.7. The number of aromatic nitrogens is 7. The first-order chi connectivity index (χ1) is 44.2. The average molecular weight is 1280 g/mol. The van der Waals surface area contributed by atoms with E-state index in [0.29, 0.717) is 106 Å². The van der Waals surface area contributed by atoms with Gasteiger partial charge in [0, 0.05) is 58.9 Å². The van der Waals surface area contributed by atoms with Gasteiger partial charge in [0.2, 0.25) is 0 Å². The van der Waals surface area contributed by atoms with Crippen LogP contribution in [0.25, 0.3) is 44.3 Å². The summed E-state index contributed by atoms with van der Waals surface area (Å²) in [5.74, 6) is 5.83. The van der Waals surface area contributed by atoms with E-state index in [4.69, 9.17) is 14.2 Å².